The minimum absolute atomic E-state index is 0.0248. The number of nitrogens with zero attached hydrogens (tertiary/aromatic N) is 3. The lowest BCUT2D eigenvalue weighted by atomic mass is 10.2. The van der Waals surface area contributed by atoms with Gasteiger partial charge >= 0.3 is 0 Å². The number of nitriles is 1. The van der Waals surface area contributed by atoms with Gasteiger partial charge in [-0.2, -0.15) is 10.4 Å². The summed E-state index contributed by atoms with van der Waals surface area (Å²) >= 11 is 0. The van der Waals surface area contributed by atoms with Gasteiger partial charge in [0.2, 0.25) is 0 Å². The van der Waals surface area contributed by atoms with Crippen LogP contribution in [0.1, 0.15) is 11.1 Å². The van der Waals surface area contributed by atoms with Crippen LogP contribution in [0.5, 0.6) is 0 Å². The van der Waals surface area contributed by atoms with Crippen LogP contribution in [-0.4, -0.2) is 10.2 Å². The van der Waals surface area contributed by atoms with Gasteiger partial charge in [0.1, 0.15) is 17.7 Å². The van der Waals surface area contributed by atoms with Gasteiger partial charge in [-0.05, 0) is 24.3 Å². The molecule has 1 aromatic carbocycles. The number of nitrogens with one attached hydrogen (secondary N) is 1. The van der Waals surface area contributed by atoms with Crippen molar-refractivity contribution in [2.24, 2.45) is 0 Å². The molecule has 1 aromatic heterocycles. The van der Waals surface area contributed by atoms with E-state index in [2.05, 4.69) is 15.5 Å². The van der Waals surface area contributed by atoms with Gasteiger partial charge in [0.25, 0.3) is 0 Å². The van der Waals surface area contributed by atoms with Crippen molar-refractivity contribution in [3.63, 3.8) is 0 Å². The average Bonchev–Trinajstić information content (AvgIpc) is 2.40. The number of hydrogen-bond acceptors (Lipinski definition) is 4. The molecule has 0 unspecified atom stereocenters. The highest BCUT2D eigenvalue weighted by Crippen LogP contribution is 2.13. The Hall–Kier alpha value is -2.55. The summed E-state index contributed by atoms with van der Waals surface area (Å²) in [5.41, 5.74) is 0.450. The number of hydrogen-bond donors (Lipinski definition) is 1. The molecule has 0 aliphatic carbocycles. The van der Waals surface area contributed by atoms with E-state index in [1.54, 1.807) is 0 Å². The van der Waals surface area contributed by atoms with Gasteiger partial charge in [-0.1, -0.05) is 0 Å². The van der Waals surface area contributed by atoms with Gasteiger partial charge in [-0.3, -0.25) is 0 Å². The Balaban J connectivity index is 2.17. The minimum Gasteiger partial charge on any atom is -0.363 e. The molecular formula is C12H8F2N4. The summed E-state index contributed by atoms with van der Waals surface area (Å²) in [6, 6.07) is 6.59. The lowest BCUT2D eigenvalue weighted by Gasteiger charge is -2.07. The highest BCUT2D eigenvalue weighted by Gasteiger charge is 2.06. The van der Waals surface area contributed by atoms with Crippen molar-refractivity contribution in [3.8, 4) is 6.07 Å². The largest absolute Gasteiger partial charge is 0.363 e. The Morgan fingerprint density at radius 1 is 1.28 bits per heavy atom. The number of anilines is 1. The summed E-state index contributed by atoms with van der Waals surface area (Å²) in [6.07, 6.45) is 1.38. The first kappa shape index (κ1) is 11.9. The Bertz CT molecular complexity index is 607. The van der Waals surface area contributed by atoms with Crippen molar-refractivity contribution in [2.45, 2.75) is 6.54 Å². The normalized spacial score (nSPS) is 9.83. The first-order valence-corrected chi connectivity index (χ1v) is 5.10. The fourth-order valence-electron chi connectivity index (χ4n) is 1.41. The van der Waals surface area contributed by atoms with Crippen molar-refractivity contribution in [1.82, 2.24) is 10.2 Å². The van der Waals surface area contributed by atoms with Gasteiger partial charge < -0.3 is 5.32 Å². The van der Waals surface area contributed by atoms with Crippen molar-refractivity contribution in [3.05, 3.63) is 53.2 Å². The third kappa shape index (κ3) is 2.58. The van der Waals surface area contributed by atoms with Crippen LogP contribution in [0.4, 0.5) is 14.6 Å². The van der Waals surface area contributed by atoms with Crippen molar-refractivity contribution in [2.75, 3.05) is 5.32 Å². The number of halogens is 2. The molecular weight excluding hydrogens is 238 g/mol. The van der Waals surface area contributed by atoms with Crippen LogP contribution in [0.15, 0.2) is 30.5 Å². The number of rotatable bonds is 3. The smallest absolute Gasteiger partial charge is 0.166 e. The molecule has 0 spiro atoms. The van der Waals surface area contributed by atoms with E-state index in [1.165, 1.54) is 12.3 Å². The summed E-state index contributed by atoms with van der Waals surface area (Å²) in [6.45, 7) is 0.0248. The Kier molecular flexibility index (Phi) is 3.44. The summed E-state index contributed by atoms with van der Waals surface area (Å²) in [4.78, 5) is 0. The van der Waals surface area contributed by atoms with E-state index < -0.39 is 11.6 Å². The highest BCUT2D eigenvalue weighted by atomic mass is 19.1. The molecule has 0 fully saturated rings. The fourth-order valence-corrected chi connectivity index (χ4v) is 1.41. The zero-order valence-electron chi connectivity index (χ0n) is 9.19. The first-order valence-electron chi connectivity index (χ1n) is 5.10. The maximum absolute atomic E-state index is 13.3. The van der Waals surface area contributed by atoms with Crippen LogP contribution in [0.25, 0.3) is 0 Å². The van der Waals surface area contributed by atoms with Crippen LogP contribution < -0.4 is 5.32 Å². The van der Waals surface area contributed by atoms with Crippen LogP contribution in [0.3, 0.4) is 0 Å². The molecule has 0 aliphatic rings. The molecule has 0 radical (unpaired) electrons. The van der Waals surface area contributed by atoms with E-state index in [4.69, 9.17) is 5.26 Å². The second-order valence-corrected chi connectivity index (χ2v) is 3.49. The summed E-state index contributed by atoms with van der Waals surface area (Å²) in [5.74, 6) is -0.803. The summed E-state index contributed by atoms with van der Waals surface area (Å²) < 4.78 is 26.3. The van der Waals surface area contributed by atoms with E-state index >= 15 is 0 Å². The van der Waals surface area contributed by atoms with Gasteiger partial charge in [0.05, 0.1) is 11.8 Å². The van der Waals surface area contributed by atoms with E-state index in [0.717, 1.165) is 18.2 Å². The second kappa shape index (κ2) is 5.19. The Labute approximate surface area is 102 Å². The fraction of sp³-hybridized carbons (Fsp3) is 0.0833. The van der Waals surface area contributed by atoms with Crippen molar-refractivity contribution < 1.29 is 8.78 Å². The quantitative estimate of drug-likeness (QED) is 0.902. The maximum Gasteiger partial charge on any atom is 0.166 e. The first-order chi connectivity index (χ1) is 8.70. The molecule has 0 aliphatic heterocycles. The van der Waals surface area contributed by atoms with Crippen molar-refractivity contribution >= 4 is 5.82 Å². The van der Waals surface area contributed by atoms with E-state index in [0.29, 0.717) is 5.56 Å². The molecule has 0 atom stereocenters. The van der Waals surface area contributed by atoms with Crippen LogP contribution in [0.2, 0.25) is 0 Å². The van der Waals surface area contributed by atoms with Gasteiger partial charge in [0, 0.05) is 12.1 Å². The average molecular weight is 246 g/mol. The van der Waals surface area contributed by atoms with Gasteiger partial charge in [-0.15, -0.1) is 5.10 Å². The lowest BCUT2D eigenvalue weighted by Crippen LogP contribution is -2.06. The molecule has 2 aromatic rings. The molecule has 4 nitrogen and oxygen atoms in total. The van der Waals surface area contributed by atoms with Crippen LogP contribution >= 0.6 is 0 Å². The molecule has 6 heteroatoms. The monoisotopic (exact) mass is 246 g/mol. The number of benzene rings is 1. The predicted molar refractivity (Wildman–Crippen MR) is 60.4 cm³/mol. The molecule has 0 bridgehead atoms. The minimum atomic E-state index is -0.522. The zero-order valence-corrected chi connectivity index (χ0v) is 9.19. The molecule has 2 rings (SSSR count). The Morgan fingerprint density at radius 3 is 2.89 bits per heavy atom. The molecule has 18 heavy (non-hydrogen) atoms. The van der Waals surface area contributed by atoms with E-state index in [9.17, 15) is 8.78 Å². The molecule has 90 valence electrons. The maximum atomic E-state index is 13.3. The molecule has 1 N–H and O–H groups in total. The summed E-state index contributed by atoms with van der Waals surface area (Å²) in [5, 5.41) is 18.9. The highest BCUT2D eigenvalue weighted by molar-refractivity contribution is 5.50. The predicted octanol–water partition coefficient (Wildman–Crippen LogP) is 2.24. The molecule has 0 saturated heterocycles. The van der Waals surface area contributed by atoms with Crippen LogP contribution in [0, 0.1) is 23.0 Å². The second-order valence-electron chi connectivity index (χ2n) is 3.49. The zero-order chi connectivity index (χ0) is 13.0. The van der Waals surface area contributed by atoms with E-state index in [1.807, 2.05) is 6.07 Å². The van der Waals surface area contributed by atoms with E-state index in [-0.39, 0.29) is 17.9 Å². The molecule has 1 heterocycles. The third-order valence-electron chi connectivity index (χ3n) is 2.30. The van der Waals surface area contributed by atoms with Crippen LogP contribution in [-0.2, 0) is 6.54 Å². The standard InChI is InChI=1S/C12H8F2N4/c13-10-1-2-11(14)9(5-10)7-16-12-8(6-15)3-4-17-18-12/h1-5H,7H2,(H,16,18). The van der Waals surface area contributed by atoms with Gasteiger partial charge in [0.15, 0.2) is 5.82 Å². The lowest BCUT2D eigenvalue weighted by molar-refractivity contribution is 0.587. The third-order valence-corrected chi connectivity index (χ3v) is 2.30. The topological polar surface area (TPSA) is 61.6 Å². The van der Waals surface area contributed by atoms with Gasteiger partial charge in [-0.25, -0.2) is 8.78 Å². The molecule has 0 saturated carbocycles. The Morgan fingerprint density at radius 2 is 2.11 bits per heavy atom. The number of aromatic nitrogens is 2. The molecule has 0 amide bonds. The summed E-state index contributed by atoms with van der Waals surface area (Å²) in [7, 11) is 0. The SMILES string of the molecule is N#Cc1ccnnc1NCc1cc(F)ccc1F. The van der Waals surface area contributed by atoms with Crippen molar-refractivity contribution in [1.29, 1.82) is 5.26 Å².